The van der Waals surface area contributed by atoms with Gasteiger partial charge in [-0.1, -0.05) is 23.4 Å². The Kier molecular flexibility index (Phi) is 6.74. The highest BCUT2D eigenvalue weighted by atomic mass is 16.5. The van der Waals surface area contributed by atoms with Crippen molar-refractivity contribution in [3.63, 3.8) is 0 Å². The molecule has 0 spiro atoms. The Balaban J connectivity index is 1.83. The fourth-order valence-corrected chi connectivity index (χ4v) is 2.77. The second-order valence-electron chi connectivity index (χ2n) is 6.35. The molecule has 1 aliphatic heterocycles. The highest BCUT2D eigenvalue weighted by molar-refractivity contribution is 5.78. The molecule has 2 heterocycles. The molecule has 0 aliphatic carbocycles. The quantitative estimate of drug-likeness (QED) is 0.692. The molecular weight excluding hydrogens is 382 g/mol. The number of ether oxygens (including phenoxy) is 2. The average molecular weight is 403 g/mol. The van der Waals surface area contributed by atoms with E-state index < -0.39 is 18.5 Å². The van der Waals surface area contributed by atoms with E-state index >= 15 is 0 Å². The van der Waals surface area contributed by atoms with Gasteiger partial charge in [-0.05, 0) is 6.07 Å². The van der Waals surface area contributed by atoms with Crippen LogP contribution in [-0.4, -0.2) is 69.1 Å². The van der Waals surface area contributed by atoms with Gasteiger partial charge in [-0.2, -0.15) is 0 Å². The molecule has 2 bridgehead atoms. The Morgan fingerprint density at radius 3 is 2.86 bits per heavy atom. The first kappa shape index (κ1) is 20.3. The fourth-order valence-electron chi connectivity index (χ4n) is 2.77. The van der Waals surface area contributed by atoms with Gasteiger partial charge in [0.2, 0.25) is 11.8 Å². The number of nitrogens with zero attached hydrogens (tertiary/aromatic N) is 4. The Hall–Kier alpha value is -3.47. The van der Waals surface area contributed by atoms with E-state index in [9.17, 15) is 14.4 Å². The summed E-state index contributed by atoms with van der Waals surface area (Å²) in [6.45, 7) is -0.0347. The van der Waals surface area contributed by atoms with Crippen molar-refractivity contribution >= 4 is 17.8 Å². The van der Waals surface area contributed by atoms with Crippen LogP contribution in [0.5, 0.6) is 5.75 Å². The monoisotopic (exact) mass is 403 g/mol. The van der Waals surface area contributed by atoms with Crippen molar-refractivity contribution in [2.24, 2.45) is 0 Å². The summed E-state index contributed by atoms with van der Waals surface area (Å²) in [7, 11) is 0. The van der Waals surface area contributed by atoms with Crippen molar-refractivity contribution in [1.29, 1.82) is 0 Å². The van der Waals surface area contributed by atoms with Gasteiger partial charge in [-0.25, -0.2) is 9.48 Å². The molecule has 1 aliphatic rings. The van der Waals surface area contributed by atoms with Crippen molar-refractivity contribution in [3.05, 3.63) is 41.7 Å². The molecule has 0 saturated heterocycles. The minimum atomic E-state index is -1.15. The predicted molar refractivity (Wildman–Crippen MR) is 97.7 cm³/mol. The second-order valence-corrected chi connectivity index (χ2v) is 6.35. The van der Waals surface area contributed by atoms with Crippen LogP contribution in [0.2, 0.25) is 0 Å². The van der Waals surface area contributed by atoms with Crippen molar-refractivity contribution in [1.82, 2.24) is 25.2 Å². The third kappa shape index (κ3) is 6.01. The van der Waals surface area contributed by atoms with E-state index in [2.05, 4.69) is 15.6 Å². The summed E-state index contributed by atoms with van der Waals surface area (Å²) in [6.07, 6.45) is 1.59. The van der Waals surface area contributed by atoms with Gasteiger partial charge < -0.3 is 24.8 Å². The number of rotatable bonds is 4. The van der Waals surface area contributed by atoms with E-state index in [1.54, 1.807) is 12.3 Å². The molecule has 11 heteroatoms. The van der Waals surface area contributed by atoms with Gasteiger partial charge >= 0.3 is 5.97 Å². The number of amides is 2. The Bertz CT molecular complexity index is 883. The first-order valence-electron chi connectivity index (χ1n) is 8.95. The zero-order valence-electron chi connectivity index (χ0n) is 15.6. The van der Waals surface area contributed by atoms with E-state index in [0.717, 1.165) is 5.56 Å². The van der Waals surface area contributed by atoms with Gasteiger partial charge in [0.05, 0.1) is 19.3 Å². The highest BCUT2D eigenvalue weighted by Gasteiger charge is 2.19. The van der Waals surface area contributed by atoms with Crippen LogP contribution in [0.4, 0.5) is 0 Å². The molecule has 0 radical (unpaired) electrons. The summed E-state index contributed by atoms with van der Waals surface area (Å²) in [5.74, 6) is -1.20. The normalized spacial score (nSPS) is 14.9. The molecule has 2 aromatic rings. The summed E-state index contributed by atoms with van der Waals surface area (Å²) in [5, 5.41) is 19.4. The van der Waals surface area contributed by atoms with E-state index in [0.29, 0.717) is 18.0 Å². The number of hydrogen-bond donors (Lipinski definition) is 2. The molecule has 11 nitrogen and oxygen atoms in total. The molecule has 1 aromatic carbocycles. The number of benzene rings is 1. The smallest absolute Gasteiger partial charge is 0.329 e. The largest absolute Gasteiger partial charge is 0.491 e. The lowest BCUT2D eigenvalue weighted by molar-refractivity contribution is -0.146. The van der Waals surface area contributed by atoms with Crippen LogP contribution in [0.15, 0.2) is 30.5 Å². The Morgan fingerprint density at radius 1 is 1.21 bits per heavy atom. The lowest BCUT2D eigenvalue weighted by atomic mass is 10.2. The molecule has 29 heavy (non-hydrogen) atoms. The zero-order chi connectivity index (χ0) is 20.6. The number of nitrogens with one attached hydrogen (secondary N) is 1. The van der Waals surface area contributed by atoms with Crippen LogP contribution < -0.4 is 10.1 Å². The van der Waals surface area contributed by atoms with E-state index in [1.165, 1.54) is 9.58 Å². The summed E-state index contributed by atoms with van der Waals surface area (Å²) in [6, 6.07) is 7.25. The topological polar surface area (TPSA) is 136 Å². The number of carbonyl (C=O) groups is 3. The average Bonchev–Trinajstić information content (AvgIpc) is 3.11. The van der Waals surface area contributed by atoms with E-state index in [1.807, 2.05) is 18.2 Å². The molecule has 2 N–H and O–H groups in total. The van der Waals surface area contributed by atoms with Crippen LogP contribution in [-0.2, 0) is 38.8 Å². The number of carboxylic acid groups (broad SMARTS) is 1. The first-order valence-corrected chi connectivity index (χ1v) is 8.95. The van der Waals surface area contributed by atoms with Crippen molar-refractivity contribution in [2.45, 2.75) is 19.6 Å². The molecular formula is C18H21N5O6. The minimum absolute atomic E-state index is 0.000738. The Morgan fingerprint density at radius 2 is 2.03 bits per heavy atom. The van der Waals surface area contributed by atoms with E-state index in [-0.39, 0.29) is 38.8 Å². The predicted octanol–water partition coefficient (Wildman–Crippen LogP) is -0.583. The lowest BCUT2D eigenvalue weighted by Crippen LogP contribution is -2.34. The number of hydrogen-bond acceptors (Lipinski definition) is 7. The first-order chi connectivity index (χ1) is 14.0. The van der Waals surface area contributed by atoms with Crippen molar-refractivity contribution < 1.29 is 29.0 Å². The van der Waals surface area contributed by atoms with Crippen LogP contribution in [0.3, 0.4) is 0 Å². The number of carbonyl (C=O) groups excluding carboxylic acids is 2. The SMILES string of the molecule is O=C(O)COCC(=O)N1Cc2cn(nn2)CC(=O)NCCOc2ccccc2C1. The fraction of sp³-hybridized carbons (Fsp3) is 0.389. The van der Waals surface area contributed by atoms with Gasteiger partial charge in [0.25, 0.3) is 0 Å². The van der Waals surface area contributed by atoms with Crippen LogP contribution in [0.1, 0.15) is 11.3 Å². The maximum atomic E-state index is 12.6. The minimum Gasteiger partial charge on any atom is -0.491 e. The molecule has 3 rings (SSSR count). The zero-order valence-corrected chi connectivity index (χ0v) is 15.6. The van der Waals surface area contributed by atoms with Gasteiger partial charge in [0, 0.05) is 12.1 Å². The van der Waals surface area contributed by atoms with E-state index in [4.69, 9.17) is 14.6 Å². The third-order valence-corrected chi connectivity index (χ3v) is 4.06. The summed E-state index contributed by atoms with van der Waals surface area (Å²) < 4.78 is 12.1. The van der Waals surface area contributed by atoms with Gasteiger partial charge in [0.1, 0.15) is 37.8 Å². The van der Waals surface area contributed by atoms with Crippen molar-refractivity contribution in [2.75, 3.05) is 26.4 Å². The summed E-state index contributed by atoms with van der Waals surface area (Å²) in [5.41, 5.74) is 1.25. The van der Waals surface area contributed by atoms with Crippen LogP contribution in [0.25, 0.3) is 0 Å². The molecule has 0 saturated carbocycles. The van der Waals surface area contributed by atoms with Crippen LogP contribution in [0, 0.1) is 0 Å². The molecule has 0 atom stereocenters. The molecule has 2 amide bonds. The number of para-hydroxylation sites is 1. The molecule has 1 aromatic heterocycles. The maximum Gasteiger partial charge on any atom is 0.329 e. The Labute approximate surface area is 166 Å². The molecule has 154 valence electrons. The summed E-state index contributed by atoms with van der Waals surface area (Å²) >= 11 is 0. The number of fused-ring (bicyclic) bond motifs is 3. The number of aromatic nitrogens is 3. The van der Waals surface area contributed by atoms with Crippen molar-refractivity contribution in [3.8, 4) is 5.75 Å². The third-order valence-electron chi connectivity index (χ3n) is 4.06. The number of carboxylic acids is 1. The standard InChI is InChI=1S/C18H21N5O6/c24-16-10-23-9-14(20-21-23)8-22(17(25)11-28-12-18(26)27)7-13-3-1-2-4-15(13)29-6-5-19-16/h1-4,9H,5-8,10-12H2,(H,19,24)(H,26,27). The molecule has 0 unspecified atom stereocenters. The second kappa shape index (κ2) is 9.64. The summed E-state index contributed by atoms with van der Waals surface area (Å²) in [4.78, 5) is 36.7. The van der Waals surface area contributed by atoms with Gasteiger partial charge in [-0.15, -0.1) is 5.10 Å². The van der Waals surface area contributed by atoms with Crippen LogP contribution >= 0.6 is 0 Å². The maximum absolute atomic E-state index is 12.6. The van der Waals surface area contributed by atoms with Gasteiger partial charge in [0.15, 0.2) is 0 Å². The highest BCUT2D eigenvalue weighted by Crippen LogP contribution is 2.21. The lowest BCUT2D eigenvalue weighted by Gasteiger charge is -2.23. The molecule has 0 fully saturated rings. The number of aliphatic carboxylic acids is 1. The van der Waals surface area contributed by atoms with Gasteiger partial charge in [-0.3, -0.25) is 9.59 Å².